The average molecular weight is 232 g/mol. The second kappa shape index (κ2) is 4.03. The Bertz CT molecular complexity index is 378. The van der Waals surface area contributed by atoms with Crippen molar-refractivity contribution in [2.24, 2.45) is 0 Å². The van der Waals surface area contributed by atoms with Crippen LogP contribution in [0.25, 0.3) is 0 Å². The molecule has 1 heterocycles. The van der Waals surface area contributed by atoms with E-state index in [2.05, 4.69) is 9.97 Å². The average Bonchev–Trinajstić information content (AvgIpc) is 2.14. The zero-order valence-electron chi connectivity index (χ0n) is 9.81. The van der Waals surface area contributed by atoms with Crippen LogP contribution in [0.3, 0.4) is 0 Å². The lowest BCUT2D eigenvalue weighted by molar-refractivity contribution is -0.138. The van der Waals surface area contributed by atoms with Gasteiger partial charge in [0.2, 0.25) is 0 Å². The predicted molar refractivity (Wildman–Crippen MR) is 55.1 cm³/mol. The summed E-state index contributed by atoms with van der Waals surface area (Å²) in [5.74, 6) is 0.442. The first-order valence-corrected chi connectivity index (χ1v) is 5.10. The fraction of sp³-hybridized carbons (Fsp3) is 0.636. The van der Waals surface area contributed by atoms with E-state index < -0.39 is 11.7 Å². The van der Waals surface area contributed by atoms with Crippen molar-refractivity contribution in [3.8, 4) is 0 Å². The number of aryl methyl sites for hydroxylation is 1. The van der Waals surface area contributed by atoms with Gasteiger partial charge in [-0.1, -0.05) is 27.7 Å². The SMILES string of the molecule is CCc1nc(C(C)(C)C)ncc1C(F)(F)F. The maximum atomic E-state index is 12.6. The summed E-state index contributed by atoms with van der Waals surface area (Å²) < 4.78 is 37.8. The molecule has 0 fully saturated rings. The number of hydrogen-bond donors (Lipinski definition) is 0. The van der Waals surface area contributed by atoms with Gasteiger partial charge in [0.15, 0.2) is 0 Å². The van der Waals surface area contributed by atoms with Crippen molar-refractivity contribution in [2.45, 2.75) is 45.7 Å². The number of rotatable bonds is 1. The minimum Gasteiger partial charge on any atom is -0.240 e. The highest BCUT2D eigenvalue weighted by atomic mass is 19.4. The van der Waals surface area contributed by atoms with Crippen LogP contribution in [0.2, 0.25) is 0 Å². The molecule has 1 aromatic rings. The van der Waals surface area contributed by atoms with Gasteiger partial charge in [0.1, 0.15) is 5.82 Å². The van der Waals surface area contributed by atoms with Crippen molar-refractivity contribution in [1.82, 2.24) is 9.97 Å². The lowest BCUT2D eigenvalue weighted by Gasteiger charge is -2.19. The van der Waals surface area contributed by atoms with Gasteiger partial charge in [-0.05, 0) is 6.42 Å². The Morgan fingerprint density at radius 3 is 2.12 bits per heavy atom. The molecule has 0 unspecified atom stereocenters. The van der Waals surface area contributed by atoms with Crippen LogP contribution >= 0.6 is 0 Å². The van der Waals surface area contributed by atoms with E-state index in [0.29, 0.717) is 5.82 Å². The number of alkyl halides is 3. The summed E-state index contributed by atoms with van der Waals surface area (Å²) in [6, 6.07) is 0. The Morgan fingerprint density at radius 1 is 1.19 bits per heavy atom. The van der Waals surface area contributed by atoms with Gasteiger partial charge >= 0.3 is 6.18 Å². The van der Waals surface area contributed by atoms with E-state index in [1.807, 2.05) is 20.8 Å². The standard InChI is InChI=1S/C11H15F3N2/c1-5-8-7(11(12,13)14)6-15-9(16-8)10(2,3)4/h6H,5H2,1-4H3. The molecule has 0 radical (unpaired) electrons. The van der Waals surface area contributed by atoms with Crippen molar-refractivity contribution in [2.75, 3.05) is 0 Å². The maximum Gasteiger partial charge on any atom is 0.419 e. The molecule has 0 atom stereocenters. The summed E-state index contributed by atoms with van der Waals surface area (Å²) in [5, 5.41) is 0. The lowest BCUT2D eigenvalue weighted by Crippen LogP contribution is -2.20. The molecule has 0 saturated carbocycles. The number of halogens is 3. The molecule has 0 aromatic carbocycles. The monoisotopic (exact) mass is 232 g/mol. The molecule has 0 amide bonds. The highest BCUT2D eigenvalue weighted by Crippen LogP contribution is 2.32. The van der Waals surface area contributed by atoms with Gasteiger partial charge < -0.3 is 0 Å². The Hall–Kier alpha value is -1.13. The van der Waals surface area contributed by atoms with E-state index in [9.17, 15) is 13.2 Å². The molecule has 0 N–H and O–H groups in total. The first-order valence-electron chi connectivity index (χ1n) is 5.10. The summed E-state index contributed by atoms with van der Waals surface area (Å²) in [4.78, 5) is 7.79. The van der Waals surface area contributed by atoms with E-state index in [1.165, 1.54) is 0 Å². The third kappa shape index (κ3) is 2.71. The molecule has 16 heavy (non-hydrogen) atoms. The van der Waals surface area contributed by atoms with Crippen LogP contribution in [0, 0.1) is 0 Å². The molecule has 2 nitrogen and oxygen atoms in total. The van der Waals surface area contributed by atoms with Gasteiger partial charge in [-0.25, -0.2) is 9.97 Å². The molecule has 0 spiro atoms. The fourth-order valence-electron chi connectivity index (χ4n) is 1.28. The van der Waals surface area contributed by atoms with Crippen LogP contribution in [0.1, 0.15) is 44.8 Å². The first kappa shape index (κ1) is 12.9. The third-order valence-electron chi connectivity index (χ3n) is 2.18. The molecule has 0 bridgehead atoms. The molecule has 1 rings (SSSR count). The Labute approximate surface area is 92.9 Å². The van der Waals surface area contributed by atoms with E-state index in [4.69, 9.17) is 0 Å². The van der Waals surface area contributed by atoms with Gasteiger partial charge in [-0.3, -0.25) is 0 Å². The predicted octanol–water partition coefficient (Wildman–Crippen LogP) is 3.36. The molecule has 90 valence electrons. The number of aromatic nitrogens is 2. The second-order valence-corrected chi connectivity index (χ2v) is 4.66. The van der Waals surface area contributed by atoms with Crippen molar-refractivity contribution in [1.29, 1.82) is 0 Å². The van der Waals surface area contributed by atoms with Gasteiger partial charge in [0.05, 0.1) is 11.3 Å². The zero-order valence-corrected chi connectivity index (χ0v) is 9.81. The quantitative estimate of drug-likeness (QED) is 0.742. The van der Waals surface area contributed by atoms with E-state index in [0.717, 1.165) is 6.20 Å². The van der Waals surface area contributed by atoms with Gasteiger partial charge in [-0.2, -0.15) is 13.2 Å². The number of hydrogen-bond acceptors (Lipinski definition) is 2. The minimum atomic E-state index is -4.37. The summed E-state index contributed by atoms with van der Waals surface area (Å²) in [5.41, 5.74) is -1.01. The van der Waals surface area contributed by atoms with Crippen LogP contribution in [0.5, 0.6) is 0 Å². The van der Waals surface area contributed by atoms with E-state index in [1.54, 1.807) is 6.92 Å². The largest absolute Gasteiger partial charge is 0.419 e. The first-order chi connectivity index (χ1) is 7.16. The lowest BCUT2D eigenvalue weighted by atomic mass is 9.95. The molecule has 0 aliphatic heterocycles. The summed E-state index contributed by atoms with van der Waals surface area (Å²) in [6.45, 7) is 7.27. The highest BCUT2D eigenvalue weighted by Gasteiger charge is 2.35. The van der Waals surface area contributed by atoms with E-state index >= 15 is 0 Å². The van der Waals surface area contributed by atoms with Crippen LogP contribution in [0.15, 0.2) is 6.20 Å². The van der Waals surface area contributed by atoms with Crippen LogP contribution in [-0.4, -0.2) is 9.97 Å². The third-order valence-corrected chi connectivity index (χ3v) is 2.18. The Balaban J connectivity index is 3.28. The smallest absolute Gasteiger partial charge is 0.240 e. The van der Waals surface area contributed by atoms with Crippen molar-refractivity contribution in [3.05, 3.63) is 23.3 Å². The van der Waals surface area contributed by atoms with Gasteiger partial charge in [-0.15, -0.1) is 0 Å². The van der Waals surface area contributed by atoms with E-state index in [-0.39, 0.29) is 17.5 Å². The number of nitrogens with zero attached hydrogens (tertiary/aromatic N) is 2. The normalized spacial score (nSPS) is 12.9. The Morgan fingerprint density at radius 2 is 1.75 bits per heavy atom. The molecule has 1 aromatic heterocycles. The van der Waals surface area contributed by atoms with Crippen molar-refractivity contribution in [3.63, 3.8) is 0 Å². The van der Waals surface area contributed by atoms with Crippen LogP contribution in [0.4, 0.5) is 13.2 Å². The maximum absolute atomic E-state index is 12.6. The molecule has 5 heteroatoms. The molecule has 0 saturated heterocycles. The van der Waals surface area contributed by atoms with Gasteiger partial charge in [0.25, 0.3) is 0 Å². The second-order valence-electron chi connectivity index (χ2n) is 4.66. The summed E-state index contributed by atoms with van der Waals surface area (Å²) in [7, 11) is 0. The fourth-order valence-corrected chi connectivity index (χ4v) is 1.28. The molecule has 0 aliphatic carbocycles. The zero-order chi connectivity index (χ0) is 12.6. The molecular weight excluding hydrogens is 217 g/mol. The molecule has 0 aliphatic rings. The highest BCUT2D eigenvalue weighted by molar-refractivity contribution is 5.22. The van der Waals surface area contributed by atoms with Gasteiger partial charge in [0, 0.05) is 11.6 Å². The van der Waals surface area contributed by atoms with Crippen molar-refractivity contribution < 1.29 is 13.2 Å². The van der Waals surface area contributed by atoms with Crippen LogP contribution in [-0.2, 0) is 18.0 Å². The summed E-state index contributed by atoms with van der Waals surface area (Å²) >= 11 is 0. The molecular formula is C11H15F3N2. The minimum absolute atomic E-state index is 0.0624. The topological polar surface area (TPSA) is 25.8 Å². The Kier molecular flexibility index (Phi) is 3.26. The van der Waals surface area contributed by atoms with Crippen molar-refractivity contribution >= 4 is 0 Å². The van der Waals surface area contributed by atoms with Crippen LogP contribution < -0.4 is 0 Å². The summed E-state index contributed by atoms with van der Waals surface area (Å²) in [6.07, 6.45) is -3.24.